The molecule has 0 radical (unpaired) electrons. The molecule has 1 amide bonds. The van der Waals surface area contributed by atoms with Crippen LogP contribution in [0.15, 0.2) is 24.3 Å². The van der Waals surface area contributed by atoms with Crippen molar-refractivity contribution in [3.8, 4) is 0 Å². The van der Waals surface area contributed by atoms with Crippen molar-refractivity contribution in [2.45, 2.75) is 32.6 Å². The lowest BCUT2D eigenvalue weighted by Crippen LogP contribution is -2.47. The van der Waals surface area contributed by atoms with E-state index in [1.807, 2.05) is 31.3 Å². The molecule has 7 heteroatoms. The Morgan fingerprint density at radius 2 is 1.64 bits per heavy atom. The zero-order valence-corrected chi connectivity index (χ0v) is 16.4. The number of sulfonamides is 1. The second-order valence-corrected chi connectivity index (χ2v) is 9.73. The molecule has 0 bridgehead atoms. The van der Waals surface area contributed by atoms with E-state index in [0.717, 1.165) is 13.1 Å². The van der Waals surface area contributed by atoms with Crippen molar-refractivity contribution in [1.29, 1.82) is 0 Å². The summed E-state index contributed by atoms with van der Waals surface area (Å²) in [5.74, 6) is -0.427. The fourth-order valence-corrected chi connectivity index (χ4v) is 4.12. The minimum atomic E-state index is -3.37. The number of nitrogens with one attached hydrogen (secondary N) is 1. The molecule has 1 aromatic carbocycles. The highest BCUT2D eigenvalue weighted by molar-refractivity contribution is 7.89. The number of likely N-dealkylation sites (N-methyl/N-ethyl adjacent to an activating group) is 1. The predicted octanol–water partition coefficient (Wildman–Crippen LogP) is 1.89. The molecule has 0 saturated carbocycles. The fourth-order valence-electron chi connectivity index (χ4n) is 2.69. The van der Waals surface area contributed by atoms with Gasteiger partial charge in [0.15, 0.2) is 0 Å². The first kappa shape index (κ1) is 19.9. The van der Waals surface area contributed by atoms with Gasteiger partial charge in [-0.05, 0) is 30.2 Å². The van der Waals surface area contributed by atoms with Crippen LogP contribution in [0.1, 0.15) is 32.8 Å². The van der Waals surface area contributed by atoms with Gasteiger partial charge in [-0.2, -0.15) is 4.31 Å². The van der Waals surface area contributed by atoms with Gasteiger partial charge in [-0.25, -0.2) is 8.42 Å². The number of benzene rings is 1. The molecule has 1 saturated heterocycles. The molecule has 1 heterocycles. The monoisotopic (exact) mass is 367 g/mol. The highest BCUT2D eigenvalue weighted by Crippen LogP contribution is 2.23. The molecule has 0 aliphatic carbocycles. The Hall–Kier alpha value is -1.44. The van der Waals surface area contributed by atoms with Gasteiger partial charge in [-0.3, -0.25) is 4.79 Å². The van der Waals surface area contributed by atoms with Gasteiger partial charge in [0.2, 0.25) is 15.9 Å². The highest BCUT2D eigenvalue weighted by atomic mass is 32.2. The van der Waals surface area contributed by atoms with Gasteiger partial charge < -0.3 is 10.2 Å². The van der Waals surface area contributed by atoms with Crippen molar-refractivity contribution in [1.82, 2.24) is 9.21 Å². The van der Waals surface area contributed by atoms with Crippen LogP contribution in [-0.2, 0) is 20.2 Å². The summed E-state index contributed by atoms with van der Waals surface area (Å²) in [5, 5.41) is 2.77. The second-order valence-electron chi connectivity index (χ2n) is 7.64. The summed E-state index contributed by atoms with van der Waals surface area (Å²) in [6, 6.07) is 7.67. The summed E-state index contributed by atoms with van der Waals surface area (Å²) in [7, 11) is -1.40. The lowest BCUT2D eigenvalue weighted by molar-refractivity contribution is -0.115. The van der Waals surface area contributed by atoms with Crippen molar-refractivity contribution in [3.05, 3.63) is 29.8 Å². The molecule has 0 aromatic heterocycles. The Labute approximate surface area is 151 Å². The van der Waals surface area contributed by atoms with E-state index in [0.29, 0.717) is 18.8 Å². The molecule has 1 aliphatic heterocycles. The van der Waals surface area contributed by atoms with Crippen LogP contribution in [0.5, 0.6) is 0 Å². The molecule has 6 nitrogen and oxygen atoms in total. The molecule has 25 heavy (non-hydrogen) atoms. The summed E-state index contributed by atoms with van der Waals surface area (Å²) in [5.41, 5.74) is 1.93. The zero-order valence-electron chi connectivity index (χ0n) is 15.6. The van der Waals surface area contributed by atoms with Crippen LogP contribution in [0, 0.1) is 0 Å². The van der Waals surface area contributed by atoms with E-state index in [1.165, 1.54) is 9.87 Å². The van der Waals surface area contributed by atoms with Crippen LogP contribution in [0.2, 0.25) is 0 Å². The molecule has 140 valence electrons. The molecule has 1 aliphatic rings. The van der Waals surface area contributed by atoms with Gasteiger partial charge >= 0.3 is 0 Å². The van der Waals surface area contributed by atoms with Gasteiger partial charge in [0.25, 0.3) is 0 Å². The summed E-state index contributed by atoms with van der Waals surface area (Å²) in [6.07, 6.45) is -0.0320. The van der Waals surface area contributed by atoms with Crippen LogP contribution < -0.4 is 5.32 Å². The average molecular weight is 368 g/mol. The van der Waals surface area contributed by atoms with E-state index >= 15 is 0 Å². The van der Waals surface area contributed by atoms with Crippen molar-refractivity contribution < 1.29 is 13.2 Å². The van der Waals surface area contributed by atoms with Crippen LogP contribution in [-0.4, -0.2) is 62.5 Å². The number of carbonyl (C=O) groups excluding carboxylic acids is 1. The maximum Gasteiger partial charge on any atom is 0.225 e. The Bertz CT molecular complexity index is 685. The largest absolute Gasteiger partial charge is 0.326 e. The second kappa shape index (κ2) is 7.85. The quantitative estimate of drug-likeness (QED) is 0.863. The SMILES string of the molecule is CN1CCN(S(=O)(=O)CCC(=O)Nc2ccc(C(C)(C)C)cc2)CC1. The third kappa shape index (κ3) is 5.80. The van der Waals surface area contributed by atoms with E-state index < -0.39 is 10.0 Å². The summed E-state index contributed by atoms with van der Waals surface area (Å²) < 4.78 is 26.1. The Balaban J connectivity index is 1.86. The van der Waals surface area contributed by atoms with E-state index in [9.17, 15) is 13.2 Å². The van der Waals surface area contributed by atoms with Gasteiger partial charge in [0.1, 0.15) is 0 Å². The number of carbonyl (C=O) groups is 1. The Morgan fingerprint density at radius 3 is 2.16 bits per heavy atom. The molecular formula is C18H29N3O3S. The number of piperazine rings is 1. The third-order valence-corrected chi connectivity index (χ3v) is 6.35. The van der Waals surface area contributed by atoms with Gasteiger partial charge in [0.05, 0.1) is 5.75 Å². The maximum atomic E-state index is 12.3. The minimum Gasteiger partial charge on any atom is -0.326 e. The number of hydrogen-bond acceptors (Lipinski definition) is 4. The fraction of sp³-hybridized carbons (Fsp3) is 0.611. The van der Waals surface area contributed by atoms with Crippen molar-refractivity contribution in [2.24, 2.45) is 0 Å². The van der Waals surface area contributed by atoms with E-state index in [4.69, 9.17) is 0 Å². The Morgan fingerprint density at radius 1 is 1.08 bits per heavy atom. The molecule has 0 unspecified atom stereocenters. The number of rotatable bonds is 5. The van der Waals surface area contributed by atoms with Crippen molar-refractivity contribution in [3.63, 3.8) is 0 Å². The first-order valence-electron chi connectivity index (χ1n) is 8.65. The zero-order chi connectivity index (χ0) is 18.7. The molecule has 1 fully saturated rings. The number of hydrogen-bond donors (Lipinski definition) is 1. The first-order valence-corrected chi connectivity index (χ1v) is 10.3. The van der Waals surface area contributed by atoms with Gasteiger partial charge in [-0.15, -0.1) is 0 Å². The topological polar surface area (TPSA) is 69.7 Å². The minimum absolute atomic E-state index is 0.0320. The third-order valence-electron chi connectivity index (χ3n) is 4.48. The van der Waals surface area contributed by atoms with Crippen molar-refractivity contribution >= 4 is 21.6 Å². The first-order chi connectivity index (χ1) is 11.6. The molecule has 0 atom stereocenters. The van der Waals surface area contributed by atoms with Crippen LogP contribution in [0.3, 0.4) is 0 Å². The average Bonchev–Trinajstić information content (AvgIpc) is 2.53. The number of anilines is 1. The normalized spacial score (nSPS) is 17.4. The Kier molecular flexibility index (Phi) is 6.24. The summed E-state index contributed by atoms with van der Waals surface area (Å²) >= 11 is 0. The summed E-state index contributed by atoms with van der Waals surface area (Å²) in [4.78, 5) is 14.2. The lowest BCUT2D eigenvalue weighted by Gasteiger charge is -2.31. The smallest absolute Gasteiger partial charge is 0.225 e. The molecule has 1 N–H and O–H groups in total. The molecule has 1 aromatic rings. The standard InChI is InChI=1S/C18H29N3O3S/c1-18(2,3)15-5-7-16(8-6-15)19-17(22)9-14-25(23,24)21-12-10-20(4)11-13-21/h5-8H,9-14H2,1-4H3,(H,19,22). The van der Waals surface area contributed by atoms with E-state index in [2.05, 4.69) is 31.0 Å². The van der Waals surface area contributed by atoms with Crippen LogP contribution in [0.4, 0.5) is 5.69 Å². The van der Waals surface area contributed by atoms with Gasteiger partial charge in [-0.1, -0.05) is 32.9 Å². The molecule has 2 rings (SSSR count). The van der Waals surface area contributed by atoms with E-state index in [1.54, 1.807) is 0 Å². The number of nitrogens with zero attached hydrogens (tertiary/aromatic N) is 2. The lowest BCUT2D eigenvalue weighted by atomic mass is 9.87. The summed E-state index contributed by atoms with van der Waals surface area (Å²) in [6.45, 7) is 8.83. The molecular weight excluding hydrogens is 338 g/mol. The van der Waals surface area contributed by atoms with Gasteiger partial charge in [0, 0.05) is 38.3 Å². The highest BCUT2D eigenvalue weighted by Gasteiger charge is 2.26. The van der Waals surface area contributed by atoms with Crippen LogP contribution in [0.25, 0.3) is 0 Å². The number of amides is 1. The maximum absolute atomic E-state index is 12.3. The van der Waals surface area contributed by atoms with Crippen molar-refractivity contribution in [2.75, 3.05) is 44.3 Å². The predicted molar refractivity (Wildman–Crippen MR) is 101 cm³/mol. The van der Waals surface area contributed by atoms with E-state index in [-0.39, 0.29) is 23.5 Å². The van der Waals surface area contributed by atoms with Crippen LogP contribution >= 0.6 is 0 Å². The molecule has 0 spiro atoms.